The van der Waals surface area contributed by atoms with Crippen LogP contribution in [0.4, 0.5) is 16.1 Å². The SMILES string of the molecule is COc1ccc(-c2noc(N3CCC(C(=O)Nc4ccc(F)cc4Cl)CC3)n2)cc1. The van der Waals surface area contributed by atoms with Gasteiger partial charge in [0, 0.05) is 24.6 Å². The molecule has 2 heterocycles. The van der Waals surface area contributed by atoms with Crippen molar-refractivity contribution in [1.29, 1.82) is 0 Å². The summed E-state index contributed by atoms with van der Waals surface area (Å²) in [4.78, 5) is 19.0. The quantitative estimate of drug-likeness (QED) is 0.646. The van der Waals surface area contributed by atoms with Crippen molar-refractivity contribution in [3.8, 4) is 17.1 Å². The zero-order chi connectivity index (χ0) is 21.1. The minimum atomic E-state index is -0.445. The van der Waals surface area contributed by atoms with Crippen molar-refractivity contribution in [3.05, 3.63) is 53.3 Å². The molecule has 0 bridgehead atoms. The molecule has 3 aromatic rings. The van der Waals surface area contributed by atoms with Gasteiger partial charge < -0.3 is 19.5 Å². The first-order valence-electron chi connectivity index (χ1n) is 9.52. The molecule has 1 saturated heterocycles. The van der Waals surface area contributed by atoms with Crippen molar-refractivity contribution >= 4 is 29.2 Å². The van der Waals surface area contributed by atoms with Crippen molar-refractivity contribution in [1.82, 2.24) is 10.1 Å². The first kappa shape index (κ1) is 20.2. The van der Waals surface area contributed by atoms with Crippen LogP contribution in [0.1, 0.15) is 12.8 Å². The van der Waals surface area contributed by atoms with Crippen molar-refractivity contribution < 1.29 is 18.4 Å². The van der Waals surface area contributed by atoms with Gasteiger partial charge >= 0.3 is 6.01 Å². The molecule has 1 aliphatic heterocycles. The Morgan fingerprint density at radius 1 is 1.23 bits per heavy atom. The highest BCUT2D eigenvalue weighted by molar-refractivity contribution is 6.33. The Bertz CT molecular complexity index is 1030. The Hall–Kier alpha value is -3.13. The molecule has 156 valence electrons. The van der Waals surface area contributed by atoms with Crippen LogP contribution in [0.3, 0.4) is 0 Å². The predicted molar refractivity (Wildman–Crippen MR) is 111 cm³/mol. The number of carbonyl (C=O) groups excluding carboxylic acids is 1. The first-order chi connectivity index (χ1) is 14.5. The van der Waals surface area contributed by atoms with E-state index < -0.39 is 5.82 Å². The maximum atomic E-state index is 13.2. The molecule has 0 aliphatic carbocycles. The van der Waals surface area contributed by atoms with Crippen LogP contribution in [0.15, 0.2) is 47.0 Å². The van der Waals surface area contributed by atoms with Crippen LogP contribution in [0.25, 0.3) is 11.4 Å². The fourth-order valence-electron chi connectivity index (χ4n) is 3.36. The monoisotopic (exact) mass is 430 g/mol. The van der Waals surface area contributed by atoms with Crippen molar-refractivity contribution in [2.75, 3.05) is 30.4 Å². The van der Waals surface area contributed by atoms with Gasteiger partial charge in [-0.1, -0.05) is 16.8 Å². The molecule has 1 aromatic heterocycles. The van der Waals surface area contributed by atoms with E-state index >= 15 is 0 Å². The summed E-state index contributed by atoms with van der Waals surface area (Å²) in [7, 11) is 1.61. The van der Waals surface area contributed by atoms with Crippen LogP contribution >= 0.6 is 11.6 Å². The van der Waals surface area contributed by atoms with Gasteiger partial charge in [0.1, 0.15) is 11.6 Å². The molecule has 0 radical (unpaired) electrons. The van der Waals surface area contributed by atoms with E-state index in [9.17, 15) is 9.18 Å². The molecular weight excluding hydrogens is 411 g/mol. The molecule has 9 heteroatoms. The van der Waals surface area contributed by atoms with E-state index in [2.05, 4.69) is 15.5 Å². The second-order valence-electron chi connectivity index (χ2n) is 7.00. The Morgan fingerprint density at radius 3 is 2.63 bits per heavy atom. The number of methoxy groups -OCH3 is 1. The van der Waals surface area contributed by atoms with Gasteiger partial charge in [0.15, 0.2) is 0 Å². The highest BCUT2D eigenvalue weighted by Crippen LogP contribution is 2.28. The summed E-state index contributed by atoms with van der Waals surface area (Å²) < 4.78 is 23.7. The number of halogens is 2. The lowest BCUT2D eigenvalue weighted by Gasteiger charge is -2.29. The summed E-state index contributed by atoms with van der Waals surface area (Å²) in [6.45, 7) is 1.22. The van der Waals surface area contributed by atoms with E-state index in [4.69, 9.17) is 20.9 Å². The number of rotatable bonds is 5. The molecular formula is C21H20ClFN4O3. The number of carbonyl (C=O) groups is 1. The van der Waals surface area contributed by atoms with Crippen LogP contribution in [0.5, 0.6) is 5.75 Å². The molecule has 0 atom stereocenters. The maximum absolute atomic E-state index is 13.2. The topological polar surface area (TPSA) is 80.5 Å². The highest BCUT2D eigenvalue weighted by atomic mass is 35.5. The predicted octanol–water partition coefficient (Wildman–Crippen LogP) is 4.39. The smallest absolute Gasteiger partial charge is 0.324 e. The van der Waals surface area contributed by atoms with Crippen LogP contribution < -0.4 is 15.0 Å². The average Bonchev–Trinajstić information content (AvgIpc) is 3.26. The van der Waals surface area contributed by atoms with Gasteiger partial charge in [0.25, 0.3) is 0 Å². The molecule has 1 N–H and O–H groups in total. The van der Waals surface area contributed by atoms with Crippen molar-refractivity contribution in [2.24, 2.45) is 5.92 Å². The number of benzene rings is 2. The van der Waals surface area contributed by atoms with Crippen LogP contribution in [-0.4, -0.2) is 36.2 Å². The Morgan fingerprint density at radius 2 is 1.97 bits per heavy atom. The lowest BCUT2D eigenvalue weighted by molar-refractivity contribution is -0.120. The number of hydrogen-bond donors (Lipinski definition) is 1. The molecule has 30 heavy (non-hydrogen) atoms. The minimum absolute atomic E-state index is 0.132. The molecule has 0 saturated carbocycles. The summed E-state index contributed by atoms with van der Waals surface area (Å²) in [5.74, 6) is 0.502. The second-order valence-corrected chi connectivity index (χ2v) is 7.41. The van der Waals surface area contributed by atoms with Gasteiger partial charge in [-0.05, 0) is 55.3 Å². The Labute approximate surface area is 177 Å². The number of amides is 1. The normalized spacial score (nSPS) is 14.6. The van der Waals surface area contributed by atoms with Gasteiger partial charge in [0.05, 0.1) is 17.8 Å². The fraction of sp³-hybridized carbons (Fsp3) is 0.286. The molecule has 4 rings (SSSR count). The first-order valence-corrected chi connectivity index (χ1v) is 9.90. The van der Waals surface area contributed by atoms with Crippen LogP contribution in [0, 0.1) is 11.7 Å². The van der Waals surface area contributed by atoms with Gasteiger partial charge in [-0.15, -0.1) is 0 Å². The molecule has 0 unspecified atom stereocenters. The van der Waals surface area contributed by atoms with Gasteiger partial charge in [-0.2, -0.15) is 4.98 Å². The number of aromatic nitrogens is 2. The second kappa shape index (κ2) is 8.71. The molecule has 1 aliphatic rings. The molecule has 2 aromatic carbocycles. The minimum Gasteiger partial charge on any atom is -0.497 e. The summed E-state index contributed by atoms with van der Waals surface area (Å²) in [6, 6.07) is 11.7. The number of hydrogen-bond acceptors (Lipinski definition) is 6. The van der Waals surface area contributed by atoms with Crippen LogP contribution in [0.2, 0.25) is 5.02 Å². The molecule has 1 amide bonds. The molecule has 7 nitrogen and oxygen atoms in total. The van der Waals surface area contributed by atoms with E-state index in [1.807, 2.05) is 29.2 Å². The number of nitrogens with zero attached hydrogens (tertiary/aromatic N) is 3. The van der Waals surface area contributed by atoms with Crippen LogP contribution in [-0.2, 0) is 4.79 Å². The van der Waals surface area contributed by atoms with E-state index in [0.717, 1.165) is 11.3 Å². The van der Waals surface area contributed by atoms with E-state index in [1.54, 1.807) is 7.11 Å². The Balaban J connectivity index is 1.35. The third kappa shape index (κ3) is 4.38. The van der Waals surface area contributed by atoms with Crippen molar-refractivity contribution in [3.63, 3.8) is 0 Å². The maximum Gasteiger partial charge on any atom is 0.324 e. The summed E-state index contributed by atoms with van der Waals surface area (Å²) >= 11 is 5.99. The van der Waals surface area contributed by atoms with E-state index in [1.165, 1.54) is 18.2 Å². The summed E-state index contributed by atoms with van der Waals surface area (Å²) in [5.41, 5.74) is 1.24. The van der Waals surface area contributed by atoms with E-state index in [-0.39, 0.29) is 16.8 Å². The lowest BCUT2D eigenvalue weighted by Crippen LogP contribution is -2.38. The zero-order valence-electron chi connectivity index (χ0n) is 16.3. The average molecular weight is 431 g/mol. The third-order valence-electron chi connectivity index (χ3n) is 5.09. The van der Waals surface area contributed by atoms with Gasteiger partial charge in [0.2, 0.25) is 11.7 Å². The third-order valence-corrected chi connectivity index (χ3v) is 5.40. The summed E-state index contributed by atoms with van der Waals surface area (Å²) in [5, 5.41) is 7.01. The summed E-state index contributed by atoms with van der Waals surface area (Å²) in [6.07, 6.45) is 1.26. The lowest BCUT2D eigenvalue weighted by atomic mass is 9.96. The highest BCUT2D eigenvalue weighted by Gasteiger charge is 2.28. The number of anilines is 2. The van der Waals surface area contributed by atoms with Gasteiger partial charge in [-0.3, -0.25) is 4.79 Å². The fourth-order valence-corrected chi connectivity index (χ4v) is 3.57. The zero-order valence-corrected chi connectivity index (χ0v) is 17.0. The van der Waals surface area contributed by atoms with Crippen molar-refractivity contribution in [2.45, 2.75) is 12.8 Å². The largest absolute Gasteiger partial charge is 0.497 e. The van der Waals surface area contributed by atoms with Gasteiger partial charge in [-0.25, -0.2) is 4.39 Å². The van der Waals surface area contributed by atoms with E-state index in [0.29, 0.717) is 43.5 Å². The number of piperidine rings is 1. The molecule has 1 fully saturated rings. The number of nitrogens with one attached hydrogen (secondary N) is 1. The standard InChI is InChI=1S/C21H20ClFN4O3/c1-29-16-5-2-13(3-6-16)19-25-21(30-26-19)27-10-8-14(9-11-27)20(28)24-18-7-4-15(23)12-17(18)22/h2-7,12,14H,8-11H2,1H3,(H,24,28). The molecule has 0 spiro atoms. The number of ether oxygens (including phenoxy) is 1. The Kier molecular flexibility index (Phi) is 5.85.